The van der Waals surface area contributed by atoms with Crippen LogP contribution in [-0.4, -0.2) is 35.4 Å². The van der Waals surface area contributed by atoms with Crippen molar-refractivity contribution in [3.63, 3.8) is 0 Å². The summed E-state index contributed by atoms with van der Waals surface area (Å²) in [5, 5.41) is 13.6. The average Bonchev–Trinajstić information content (AvgIpc) is 2.53. The molecule has 0 aliphatic carbocycles. The zero-order chi connectivity index (χ0) is 15.4. The first-order valence-electron chi connectivity index (χ1n) is 6.68. The molecule has 1 amide bonds. The molecule has 9 heteroatoms. The third-order valence-corrected chi connectivity index (χ3v) is 3.50. The SMILES string of the molecule is CNC(=O)C1CCCCN1c1cc([N+](=O)[O-])cc(NN)n1. The number of hydrazine groups is 1. The highest BCUT2D eigenvalue weighted by Crippen LogP contribution is 2.28. The number of hydrogen-bond acceptors (Lipinski definition) is 7. The summed E-state index contributed by atoms with van der Waals surface area (Å²) >= 11 is 0. The Hall–Kier alpha value is -2.42. The van der Waals surface area contributed by atoms with Crippen LogP contribution in [-0.2, 0) is 4.79 Å². The van der Waals surface area contributed by atoms with Gasteiger partial charge in [0.15, 0.2) is 0 Å². The van der Waals surface area contributed by atoms with Crippen LogP contribution < -0.4 is 21.5 Å². The molecule has 1 unspecified atom stereocenters. The Morgan fingerprint density at radius 2 is 2.29 bits per heavy atom. The van der Waals surface area contributed by atoms with E-state index in [9.17, 15) is 14.9 Å². The van der Waals surface area contributed by atoms with Crippen molar-refractivity contribution in [1.82, 2.24) is 10.3 Å². The number of nitro groups is 1. The predicted molar refractivity (Wildman–Crippen MR) is 77.8 cm³/mol. The summed E-state index contributed by atoms with van der Waals surface area (Å²) in [5.41, 5.74) is 2.20. The number of piperidine rings is 1. The van der Waals surface area contributed by atoms with Gasteiger partial charge in [-0.3, -0.25) is 14.9 Å². The molecule has 0 spiro atoms. The van der Waals surface area contributed by atoms with Gasteiger partial charge < -0.3 is 15.6 Å². The maximum absolute atomic E-state index is 12.0. The molecule has 0 bridgehead atoms. The summed E-state index contributed by atoms with van der Waals surface area (Å²) in [6.45, 7) is 0.621. The van der Waals surface area contributed by atoms with Crippen LogP contribution in [0.1, 0.15) is 19.3 Å². The molecule has 2 rings (SSSR count). The monoisotopic (exact) mass is 294 g/mol. The molecule has 1 fully saturated rings. The molecule has 1 aliphatic rings. The first-order valence-corrected chi connectivity index (χ1v) is 6.68. The van der Waals surface area contributed by atoms with Crippen LogP contribution in [0.25, 0.3) is 0 Å². The van der Waals surface area contributed by atoms with Crippen molar-refractivity contribution < 1.29 is 9.72 Å². The maximum atomic E-state index is 12.0. The lowest BCUT2D eigenvalue weighted by Gasteiger charge is -2.35. The van der Waals surface area contributed by atoms with Gasteiger partial charge in [0.05, 0.1) is 17.1 Å². The molecule has 9 nitrogen and oxygen atoms in total. The Bertz CT molecular complexity index is 550. The minimum atomic E-state index is -0.509. The minimum Gasteiger partial charge on any atom is -0.357 e. The molecule has 1 aliphatic heterocycles. The number of carbonyl (C=O) groups is 1. The zero-order valence-electron chi connectivity index (χ0n) is 11.7. The maximum Gasteiger partial charge on any atom is 0.276 e. The molecular formula is C12H18N6O3. The van der Waals surface area contributed by atoms with E-state index in [1.54, 1.807) is 11.9 Å². The number of likely N-dealkylation sites (N-methyl/N-ethyl adjacent to an activating group) is 1. The Morgan fingerprint density at radius 1 is 1.52 bits per heavy atom. The number of nitrogens with zero attached hydrogens (tertiary/aromatic N) is 3. The molecule has 114 valence electrons. The van der Waals surface area contributed by atoms with E-state index < -0.39 is 4.92 Å². The number of hydrogen-bond donors (Lipinski definition) is 3. The molecule has 2 heterocycles. The van der Waals surface area contributed by atoms with Gasteiger partial charge in [-0.05, 0) is 19.3 Å². The van der Waals surface area contributed by atoms with Crippen LogP contribution in [0, 0.1) is 10.1 Å². The van der Waals surface area contributed by atoms with E-state index >= 15 is 0 Å². The van der Waals surface area contributed by atoms with E-state index in [4.69, 9.17) is 5.84 Å². The van der Waals surface area contributed by atoms with Gasteiger partial charge in [0.25, 0.3) is 5.69 Å². The van der Waals surface area contributed by atoms with Crippen LogP contribution in [0.15, 0.2) is 12.1 Å². The summed E-state index contributed by atoms with van der Waals surface area (Å²) in [6.07, 6.45) is 2.53. The topological polar surface area (TPSA) is 126 Å². The average molecular weight is 294 g/mol. The minimum absolute atomic E-state index is 0.116. The second-order valence-corrected chi connectivity index (χ2v) is 4.79. The molecule has 0 saturated carbocycles. The van der Waals surface area contributed by atoms with Crippen LogP contribution in [0.3, 0.4) is 0 Å². The third kappa shape index (κ3) is 3.19. The normalized spacial score (nSPS) is 18.2. The number of pyridine rings is 1. The summed E-state index contributed by atoms with van der Waals surface area (Å²) in [6, 6.07) is 2.24. The highest BCUT2D eigenvalue weighted by atomic mass is 16.6. The fraction of sp³-hybridized carbons (Fsp3) is 0.500. The summed E-state index contributed by atoms with van der Waals surface area (Å²) < 4.78 is 0. The third-order valence-electron chi connectivity index (χ3n) is 3.50. The van der Waals surface area contributed by atoms with E-state index in [0.717, 1.165) is 12.8 Å². The highest BCUT2D eigenvalue weighted by molar-refractivity contribution is 5.85. The lowest BCUT2D eigenvalue weighted by atomic mass is 10.0. The quantitative estimate of drug-likeness (QED) is 0.416. The second-order valence-electron chi connectivity index (χ2n) is 4.79. The second kappa shape index (κ2) is 6.35. The number of nitrogens with one attached hydrogen (secondary N) is 2. The number of amides is 1. The van der Waals surface area contributed by atoms with Gasteiger partial charge in [0.1, 0.15) is 17.7 Å². The fourth-order valence-corrected chi connectivity index (χ4v) is 2.47. The van der Waals surface area contributed by atoms with Crippen molar-refractivity contribution >= 4 is 23.2 Å². The number of rotatable bonds is 4. The van der Waals surface area contributed by atoms with Crippen molar-refractivity contribution in [3.05, 3.63) is 22.2 Å². The molecule has 1 aromatic rings. The van der Waals surface area contributed by atoms with Crippen LogP contribution in [0.4, 0.5) is 17.3 Å². The van der Waals surface area contributed by atoms with Gasteiger partial charge in [-0.1, -0.05) is 0 Å². The van der Waals surface area contributed by atoms with Gasteiger partial charge in [0.2, 0.25) is 5.91 Å². The number of nitrogen functional groups attached to an aromatic ring is 1. The molecule has 0 aromatic carbocycles. The zero-order valence-corrected chi connectivity index (χ0v) is 11.7. The van der Waals surface area contributed by atoms with E-state index in [2.05, 4.69) is 15.7 Å². The molecule has 21 heavy (non-hydrogen) atoms. The Morgan fingerprint density at radius 3 is 2.90 bits per heavy atom. The van der Waals surface area contributed by atoms with Crippen molar-refractivity contribution in [3.8, 4) is 0 Å². The largest absolute Gasteiger partial charge is 0.357 e. The van der Waals surface area contributed by atoms with Gasteiger partial charge in [-0.15, -0.1) is 0 Å². The molecular weight excluding hydrogens is 276 g/mol. The standard InChI is InChI=1S/C12H18N6O3/c1-14-12(19)9-4-2-3-5-17(9)11-7-8(18(20)21)6-10(15-11)16-13/h6-7,9H,2-5,13H2,1H3,(H,14,19)(H,15,16). The van der Waals surface area contributed by atoms with Gasteiger partial charge in [0, 0.05) is 13.6 Å². The Labute approximate surface area is 121 Å². The molecule has 4 N–H and O–H groups in total. The number of carbonyl (C=O) groups excluding carboxylic acids is 1. The van der Waals surface area contributed by atoms with Gasteiger partial charge >= 0.3 is 0 Å². The molecule has 0 radical (unpaired) electrons. The predicted octanol–water partition coefficient (Wildman–Crippen LogP) is 0.380. The van der Waals surface area contributed by atoms with E-state index in [-0.39, 0.29) is 23.5 Å². The van der Waals surface area contributed by atoms with Crippen molar-refractivity contribution in [2.75, 3.05) is 23.9 Å². The van der Waals surface area contributed by atoms with E-state index in [1.165, 1.54) is 12.1 Å². The molecule has 1 aromatic heterocycles. The van der Waals surface area contributed by atoms with E-state index in [0.29, 0.717) is 18.8 Å². The smallest absolute Gasteiger partial charge is 0.276 e. The van der Waals surface area contributed by atoms with E-state index in [1.807, 2.05) is 0 Å². The molecule has 1 saturated heterocycles. The van der Waals surface area contributed by atoms with Gasteiger partial charge in [-0.25, -0.2) is 10.8 Å². The summed E-state index contributed by atoms with van der Waals surface area (Å²) in [4.78, 5) is 28.5. The number of nitrogens with two attached hydrogens (primary N) is 1. The number of aromatic nitrogens is 1. The summed E-state index contributed by atoms with van der Waals surface area (Å²) in [5.74, 6) is 5.76. The Kier molecular flexibility index (Phi) is 4.53. The first kappa shape index (κ1) is 15.0. The van der Waals surface area contributed by atoms with Crippen LogP contribution >= 0.6 is 0 Å². The Balaban J connectivity index is 2.39. The van der Waals surface area contributed by atoms with Crippen LogP contribution in [0.5, 0.6) is 0 Å². The van der Waals surface area contributed by atoms with Crippen molar-refractivity contribution in [2.45, 2.75) is 25.3 Å². The highest BCUT2D eigenvalue weighted by Gasteiger charge is 2.30. The van der Waals surface area contributed by atoms with Gasteiger partial charge in [-0.2, -0.15) is 0 Å². The van der Waals surface area contributed by atoms with Crippen molar-refractivity contribution in [1.29, 1.82) is 0 Å². The first-order chi connectivity index (χ1) is 10.1. The number of anilines is 2. The van der Waals surface area contributed by atoms with Crippen LogP contribution in [0.2, 0.25) is 0 Å². The summed E-state index contributed by atoms with van der Waals surface area (Å²) in [7, 11) is 1.57. The lowest BCUT2D eigenvalue weighted by Crippen LogP contribution is -2.49. The van der Waals surface area contributed by atoms with Crippen molar-refractivity contribution in [2.24, 2.45) is 5.84 Å². The lowest BCUT2D eigenvalue weighted by molar-refractivity contribution is -0.384. The molecule has 1 atom stereocenters. The fourth-order valence-electron chi connectivity index (χ4n) is 2.47.